The molecule has 7 heteroatoms. The third kappa shape index (κ3) is 3.07. The Bertz CT molecular complexity index is 960. The van der Waals surface area contributed by atoms with Crippen LogP contribution in [0.25, 0.3) is 10.2 Å². The highest BCUT2D eigenvalue weighted by molar-refractivity contribution is 7.22. The molecule has 0 radical (unpaired) electrons. The van der Waals surface area contributed by atoms with E-state index in [9.17, 15) is 4.79 Å². The lowest BCUT2D eigenvalue weighted by atomic mass is 10.1. The summed E-state index contributed by atoms with van der Waals surface area (Å²) in [6, 6.07) is 6.19. The van der Waals surface area contributed by atoms with Gasteiger partial charge in [0.1, 0.15) is 5.69 Å². The molecule has 3 heterocycles. The van der Waals surface area contributed by atoms with Gasteiger partial charge in [0.05, 0.1) is 10.2 Å². The first-order valence-corrected chi connectivity index (χ1v) is 9.75. The smallest absolute Gasteiger partial charge is 0.269 e. The molecule has 3 aromatic rings. The highest BCUT2D eigenvalue weighted by Gasteiger charge is 2.25. The van der Waals surface area contributed by atoms with E-state index in [4.69, 9.17) is 4.98 Å². The predicted octanol–water partition coefficient (Wildman–Crippen LogP) is 3.05. The van der Waals surface area contributed by atoms with E-state index in [0.717, 1.165) is 36.6 Å². The number of aryl methyl sites for hydroxylation is 3. The van der Waals surface area contributed by atoms with Crippen molar-refractivity contribution < 1.29 is 4.79 Å². The SMILES string of the molecule is Cc1ccc2sc(N3CCCC(NC(=O)c4ccnn4C)C3)nc2c1C. The van der Waals surface area contributed by atoms with E-state index in [1.165, 1.54) is 15.8 Å². The number of aromatic nitrogens is 3. The molecular weight excluding hydrogens is 346 g/mol. The number of amides is 1. The Hall–Kier alpha value is -2.41. The second-order valence-corrected chi connectivity index (χ2v) is 7.96. The molecule has 4 rings (SSSR count). The second kappa shape index (κ2) is 6.72. The van der Waals surface area contributed by atoms with E-state index >= 15 is 0 Å². The van der Waals surface area contributed by atoms with Crippen molar-refractivity contribution in [2.45, 2.75) is 32.7 Å². The number of rotatable bonds is 3. The lowest BCUT2D eigenvalue weighted by Gasteiger charge is -2.32. The summed E-state index contributed by atoms with van der Waals surface area (Å²) < 4.78 is 2.83. The van der Waals surface area contributed by atoms with Gasteiger partial charge < -0.3 is 10.2 Å². The minimum atomic E-state index is -0.0624. The van der Waals surface area contributed by atoms with Crippen LogP contribution in [-0.4, -0.2) is 39.8 Å². The van der Waals surface area contributed by atoms with Crippen LogP contribution in [0.15, 0.2) is 24.4 Å². The molecule has 136 valence electrons. The lowest BCUT2D eigenvalue weighted by molar-refractivity contribution is 0.0923. The van der Waals surface area contributed by atoms with Crippen LogP contribution in [0.5, 0.6) is 0 Å². The maximum atomic E-state index is 12.5. The molecule has 1 atom stereocenters. The number of piperidine rings is 1. The minimum absolute atomic E-state index is 0.0624. The summed E-state index contributed by atoms with van der Waals surface area (Å²) in [7, 11) is 1.79. The number of carbonyl (C=O) groups excluding carboxylic acids is 1. The highest BCUT2D eigenvalue weighted by Crippen LogP contribution is 2.33. The average molecular weight is 369 g/mol. The van der Waals surface area contributed by atoms with Gasteiger partial charge in [0.25, 0.3) is 5.91 Å². The van der Waals surface area contributed by atoms with E-state index in [1.54, 1.807) is 35.3 Å². The van der Waals surface area contributed by atoms with Crippen LogP contribution in [-0.2, 0) is 7.05 Å². The first kappa shape index (κ1) is 17.0. The van der Waals surface area contributed by atoms with Gasteiger partial charge in [-0.05, 0) is 49.9 Å². The van der Waals surface area contributed by atoms with Crippen molar-refractivity contribution in [2.24, 2.45) is 7.05 Å². The molecule has 1 saturated heterocycles. The highest BCUT2D eigenvalue weighted by atomic mass is 32.1. The second-order valence-electron chi connectivity index (χ2n) is 6.95. The Morgan fingerprint density at radius 3 is 2.92 bits per heavy atom. The average Bonchev–Trinajstić information content (AvgIpc) is 3.25. The number of hydrogen-bond acceptors (Lipinski definition) is 5. The van der Waals surface area contributed by atoms with Crippen LogP contribution in [0, 0.1) is 13.8 Å². The summed E-state index contributed by atoms with van der Waals surface area (Å²) in [5, 5.41) is 8.27. The Kier molecular flexibility index (Phi) is 4.40. The molecule has 1 aromatic carbocycles. The molecule has 6 nitrogen and oxygen atoms in total. The quantitative estimate of drug-likeness (QED) is 0.771. The number of nitrogens with one attached hydrogen (secondary N) is 1. The number of benzene rings is 1. The minimum Gasteiger partial charge on any atom is -0.346 e. The van der Waals surface area contributed by atoms with Crippen molar-refractivity contribution in [3.8, 4) is 0 Å². The first-order chi connectivity index (χ1) is 12.5. The summed E-state index contributed by atoms with van der Waals surface area (Å²) in [4.78, 5) is 19.7. The number of carbonyl (C=O) groups is 1. The third-order valence-corrected chi connectivity index (χ3v) is 6.24. The van der Waals surface area contributed by atoms with Crippen LogP contribution < -0.4 is 10.2 Å². The monoisotopic (exact) mass is 369 g/mol. The number of nitrogens with zero attached hydrogens (tertiary/aromatic N) is 4. The normalized spacial score (nSPS) is 17.7. The molecule has 1 fully saturated rings. The number of fused-ring (bicyclic) bond motifs is 1. The van der Waals surface area contributed by atoms with Gasteiger partial charge in [0.15, 0.2) is 5.13 Å². The van der Waals surface area contributed by atoms with Gasteiger partial charge in [0.2, 0.25) is 0 Å². The van der Waals surface area contributed by atoms with Crippen molar-refractivity contribution in [1.29, 1.82) is 0 Å². The summed E-state index contributed by atoms with van der Waals surface area (Å²) in [6.07, 6.45) is 3.68. The molecule has 2 aromatic heterocycles. The van der Waals surface area contributed by atoms with Gasteiger partial charge in [0, 0.05) is 32.4 Å². The fourth-order valence-corrected chi connectivity index (χ4v) is 4.53. The summed E-state index contributed by atoms with van der Waals surface area (Å²) in [5.74, 6) is -0.0624. The molecule has 0 saturated carbocycles. The molecule has 1 amide bonds. The van der Waals surface area contributed by atoms with Crippen LogP contribution in [0.4, 0.5) is 5.13 Å². The van der Waals surface area contributed by atoms with Crippen LogP contribution >= 0.6 is 11.3 Å². The maximum absolute atomic E-state index is 12.5. The predicted molar refractivity (Wildman–Crippen MR) is 105 cm³/mol. The summed E-state index contributed by atoms with van der Waals surface area (Å²) in [6.45, 7) is 6.03. The van der Waals surface area contributed by atoms with Gasteiger partial charge >= 0.3 is 0 Å². The molecule has 1 aliphatic heterocycles. The van der Waals surface area contributed by atoms with Gasteiger partial charge in [-0.2, -0.15) is 5.10 Å². The van der Waals surface area contributed by atoms with E-state index < -0.39 is 0 Å². The van der Waals surface area contributed by atoms with Crippen LogP contribution in [0.3, 0.4) is 0 Å². The number of hydrogen-bond donors (Lipinski definition) is 1. The zero-order chi connectivity index (χ0) is 18.3. The Balaban J connectivity index is 1.51. The van der Waals surface area contributed by atoms with Crippen molar-refractivity contribution in [1.82, 2.24) is 20.1 Å². The van der Waals surface area contributed by atoms with Gasteiger partial charge in [-0.1, -0.05) is 17.4 Å². The Morgan fingerprint density at radius 2 is 2.15 bits per heavy atom. The van der Waals surface area contributed by atoms with Crippen molar-refractivity contribution in [2.75, 3.05) is 18.0 Å². The van der Waals surface area contributed by atoms with E-state index in [1.807, 2.05) is 0 Å². The largest absolute Gasteiger partial charge is 0.346 e. The molecular formula is C19H23N5OS. The van der Waals surface area contributed by atoms with Gasteiger partial charge in [-0.3, -0.25) is 9.48 Å². The molecule has 1 N–H and O–H groups in total. The third-order valence-electron chi connectivity index (χ3n) is 5.15. The standard InChI is InChI=1S/C19H23N5OS/c1-12-6-7-16-17(13(12)2)22-19(26-16)24-10-4-5-14(11-24)21-18(25)15-8-9-20-23(15)3/h6-9,14H,4-5,10-11H2,1-3H3,(H,21,25). The summed E-state index contributed by atoms with van der Waals surface area (Å²) >= 11 is 1.74. The molecule has 1 aliphatic rings. The van der Waals surface area contributed by atoms with Crippen LogP contribution in [0.1, 0.15) is 34.5 Å². The van der Waals surface area contributed by atoms with Crippen molar-refractivity contribution >= 4 is 32.6 Å². The molecule has 1 unspecified atom stereocenters. The zero-order valence-corrected chi connectivity index (χ0v) is 16.1. The zero-order valence-electron chi connectivity index (χ0n) is 15.3. The molecule has 0 aliphatic carbocycles. The fraction of sp³-hybridized carbons (Fsp3) is 0.421. The Labute approximate surface area is 156 Å². The van der Waals surface area contributed by atoms with Crippen molar-refractivity contribution in [3.63, 3.8) is 0 Å². The van der Waals surface area contributed by atoms with E-state index in [0.29, 0.717) is 5.69 Å². The molecule has 0 bridgehead atoms. The van der Waals surface area contributed by atoms with Gasteiger partial charge in [-0.25, -0.2) is 4.98 Å². The maximum Gasteiger partial charge on any atom is 0.269 e. The Morgan fingerprint density at radius 1 is 1.31 bits per heavy atom. The number of thiazole rings is 1. The fourth-order valence-electron chi connectivity index (χ4n) is 3.47. The first-order valence-electron chi connectivity index (χ1n) is 8.93. The van der Waals surface area contributed by atoms with E-state index in [-0.39, 0.29) is 11.9 Å². The molecule has 0 spiro atoms. The van der Waals surface area contributed by atoms with Gasteiger partial charge in [-0.15, -0.1) is 0 Å². The molecule has 26 heavy (non-hydrogen) atoms. The number of anilines is 1. The van der Waals surface area contributed by atoms with Crippen LogP contribution in [0.2, 0.25) is 0 Å². The summed E-state index contributed by atoms with van der Waals surface area (Å²) in [5.41, 5.74) is 4.22. The topological polar surface area (TPSA) is 63.1 Å². The lowest BCUT2D eigenvalue weighted by Crippen LogP contribution is -2.48. The van der Waals surface area contributed by atoms with Crippen molar-refractivity contribution in [3.05, 3.63) is 41.2 Å². The van der Waals surface area contributed by atoms with E-state index in [2.05, 4.69) is 41.3 Å².